The highest BCUT2D eigenvalue weighted by atomic mass is 16.5. The normalized spacial score (nSPS) is 13.8. The van der Waals surface area contributed by atoms with Gasteiger partial charge in [-0.25, -0.2) is 9.97 Å². The van der Waals surface area contributed by atoms with Gasteiger partial charge < -0.3 is 14.5 Å². The van der Waals surface area contributed by atoms with Crippen LogP contribution in [0.3, 0.4) is 0 Å². The molecule has 0 atom stereocenters. The molecule has 0 N–H and O–H groups in total. The molecule has 2 aromatic carbocycles. The molecule has 0 spiro atoms. The van der Waals surface area contributed by atoms with Gasteiger partial charge in [0.05, 0.1) is 23.4 Å². The largest absolute Gasteiger partial charge is 0.457 e. The Balaban J connectivity index is 1.37. The number of hydrogen-bond acceptors (Lipinski definition) is 5. The van der Waals surface area contributed by atoms with Gasteiger partial charge >= 0.3 is 0 Å². The molecule has 6 aromatic rings. The lowest BCUT2D eigenvalue weighted by molar-refractivity contribution is 0.480. The molecule has 0 fully saturated rings. The number of aryl methyl sites for hydroxylation is 2. The van der Waals surface area contributed by atoms with Crippen molar-refractivity contribution in [3.63, 3.8) is 0 Å². The predicted octanol–water partition coefficient (Wildman–Crippen LogP) is 7.71. The highest BCUT2D eigenvalue weighted by molar-refractivity contribution is 6.09. The first-order valence-electron chi connectivity index (χ1n) is 14.0. The van der Waals surface area contributed by atoms with Crippen LogP contribution in [-0.4, -0.2) is 37.6 Å². The number of ether oxygens (including phenoxy) is 1. The molecule has 5 heterocycles. The molecule has 7 nitrogen and oxygen atoms in total. The third kappa shape index (κ3) is 4.20. The predicted molar refractivity (Wildman–Crippen MR) is 166 cm³/mol. The zero-order valence-corrected chi connectivity index (χ0v) is 24.4. The van der Waals surface area contributed by atoms with E-state index in [2.05, 4.69) is 121 Å². The van der Waals surface area contributed by atoms with E-state index in [0.29, 0.717) is 0 Å². The SMILES string of the molecule is Cc1nc2cc(Oc3ccc4c5ccccc5n(-c5cc(C(C)(C)C)ccn5)c4c3)cc(N3C=CN(C)C3)n2c1C. The molecule has 1 aliphatic heterocycles. The number of benzene rings is 2. The molecule has 0 aliphatic carbocycles. The van der Waals surface area contributed by atoms with E-state index in [1.54, 1.807) is 0 Å². The average molecular weight is 543 g/mol. The first kappa shape index (κ1) is 25.2. The molecular formula is C34H34N6O. The van der Waals surface area contributed by atoms with Crippen molar-refractivity contribution in [2.45, 2.75) is 40.0 Å². The number of fused-ring (bicyclic) bond motifs is 4. The van der Waals surface area contributed by atoms with Gasteiger partial charge in [0.25, 0.3) is 0 Å². The Hall–Kier alpha value is -4.78. The van der Waals surface area contributed by atoms with Crippen LogP contribution >= 0.6 is 0 Å². The molecule has 206 valence electrons. The molecular weight excluding hydrogens is 508 g/mol. The summed E-state index contributed by atoms with van der Waals surface area (Å²) in [5.41, 5.74) is 6.44. The van der Waals surface area contributed by atoms with Gasteiger partial charge in [0, 0.05) is 60.3 Å². The van der Waals surface area contributed by atoms with E-state index in [4.69, 9.17) is 14.7 Å². The van der Waals surface area contributed by atoms with Gasteiger partial charge in [0.2, 0.25) is 0 Å². The van der Waals surface area contributed by atoms with Crippen molar-refractivity contribution in [3.05, 3.63) is 102 Å². The monoisotopic (exact) mass is 542 g/mol. The van der Waals surface area contributed by atoms with E-state index in [1.165, 1.54) is 10.9 Å². The van der Waals surface area contributed by atoms with Gasteiger partial charge in [0.15, 0.2) is 0 Å². The maximum atomic E-state index is 6.58. The highest BCUT2D eigenvalue weighted by Crippen LogP contribution is 2.37. The number of pyridine rings is 2. The third-order valence-corrected chi connectivity index (χ3v) is 8.03. The van der Waals surface area contributed by atoms with Crippen LogP contribution in [0, 0.1) is 13.8 Å². The second kappa shape index (κ2) is 9.13. The Morgan fingerprint density at radius 1 is 0.829 bits per heavy atom. The van der Waals surface area contributed by atoms with E-state index < -0.39 is 0 Å². The maximum Gasteiger partial charge on any atom is 0.142 e. The van der Waals surface area contributed by atoms with Crippen LogP contribution in [0.4, 0.5) is 5.82 Å². The lowest BCUT2D eigenvalue weighted by Crippen LogP contribution is -2.23. The summed E-state index contributed by atoms with van der Waals surface area (Å²) in [7, 11) is 2.07. The van der Waals surface area contributed by atoms with Gasteiger partial charge in [0.1, 0.15) is 28.8 Å². The molecule has 0 saturated heterocycles. The standard InChI is InChI=1S/C34H34N6O/c1-22-23(2)39-32(36-22)19-26(20-33(39)38-16-15-37(6)21-38)41-25-11-12-28-27-9-7-8-10-29(27)40(30(28)18-25)31-17-24(13-14-35-31)34(3,4)5/h7-20H,21H2,1-6H3. The molecule has 0 radical (unpaired) electrons. The third-order valence-electron chi connectivity index (χ3n) is 8.03. The van der Waals surface area contributed by atoms with E-state index in [-0.39, 0.29) is 5.41 Å². The number of anilines is 1. The number of imidazole rings is 1. The second-order valence-electron chi connectivity index (χ2n) is 12.0. The smallest absolute Gasteiger partial charge is 0.142 e. The summed E-state index contributed by atoms with van der Waals surface area (Å²) in [5, 5.41) is 2.35. The zero-order chi connectivity index (χ0) is 28.5. The lowest BCUT2D eigenvalue weighted by Gasteiger charge is -2.21. The first-order valence-corrected chi connectivity index (χ1v) is 14.0. The molecule has 41 heavy (non-hydrogen) atoms. The van der Waals surface area contributed by atoms with Crippen molar-refractivity contribution >= 4 is 33.3 Å². The Kier molecular flexibility index (Phi) is 5.61. The Morgan fingerprint density at radius 3 is 2.41 bits per heavy atom. The molecule has 1 aliphatic rings. The summed E-state index contributed by atoms with van der Waals surface area (Å²) < 4.78 is 11.0. The fourth-order valence-corrected chi connectivity index (χ4v) is 5.73. The summed E-state index contributed by atoms with van der Waals surface area (Å²) >= 11 is 0. The number of nitrogens with zero attached hydrogens (tertiary/aromatic N) is 6. The van der Waals surface area contributed by atoms with Crippen molar-refractivity contribution < 1.29 is 4.74 Å². The fourth-order valence-electron chi connectivity index (χ4n) is 5.73. The number of hydrogen-bond donors (Lipinski definition) is 0. The van der Waals surface area contributed by atoms with Crippen LogP contribution in [-0.2, 0) is 5.41 Å². The van der Waals surface area contributed by atoms with Crippen molar-refractivity contribution in [1.29, 1.82) is 0 Å². The minimum atomic E-state index is 0.0178. The van der Waals surface area contributed by atoms with Crippen molar-refractivity contribution in [1.82, 2.24) is 23.8 Å². The summed E-state index contributed by atoms with van der Waals surface area (Å²) in [4.78, 5) is 14.0. The van der Waals surface area contributed by atoms with Gasteiger partial charge in [-0.2, -0.15) is 0 Å². The van der Waals surface area contributed by atoms with Crippen LogP contribution in [0.5, 0.6) is 11.5 Å². The minimum Gasteiger partial charge on any atom is -0.457 e. The summed E-state index contributed by atoms with van der Waals surface area (Å²) in [6.07, 6.45) is 6.08. The van der Waals surface area contributed by atoms with E-state index in [1.807, 2.05) is 25.3 Å². The number of rotatable bonds is 4. The molecule has 0 amide bonds. The lowest BCUT2D eigenvalue weighted by atomic mass is 9.88. The molecule has 7 rings (SSSR count). The molecule has 0 unspecified atom stereocenters. The molecule has 7 heteroatoms. The molecule has 0 bridgehead atoms. The van der Waals surface area contributed by atoms with E-state index >= 15 is 0 Å². The topological polar surface area (TPSA) is 50.8 Å². The van der Waals surface area contributed by atoms with Crippen LogP contribution in [0.1, 0.15) is 37.7 Å². The molecule has 4 aromatic heterocycles. The van der Waals surface area contributed by atoms with Crippen LogP contribution in [0.2, 0.25) is 0 Å². The average Bonchev–Trinajstić information content (AvgIpc) is 3.61. The number of aromatic nitrogens is 4. The zero-order valence-electron chi connectivity index (χ0n) is 24.4. The van der Waals surface area contributed by atoms with Crippen LogP contribution in [0.25, 0.3) is 33.3 Å². The summed E-state index contributed by atoms with van der Waals surface area (Å²) in [6, 6.07) is 23.2. The van der Waals surface area contributed by atoms with Crippen molar-refractivity contribution in [3.8, 4) is 17.3 Å². The van der Waals surface area contributed by atoms with Crippen molar-refractivity contribution in [2.24, 2.45) is 0 Å². The minimum absolute atomic E-state index is 0.0178. The highest BCUT2D eigenvalue weighted by Gasteiger charge is 2.20. The van der Waals surface area contributed by atoms with Gasteiger partial charge in [-0.3, -0.25) is 8.97 Å². The second-order valence-corrected chi connectivity index (χ2v) is 12.0. The quantitative estimate of drug-likeness (QED) is 0.228. The summed E-state index contributed by atoms with van der Waals surface area (Å²) in [6.45, 7) is 11.6. The number of para-hydroxylation sites is 1. The summed E-state index contributed by atoms with van der Waals surface area (Å²) in [5.74, 6) is 3.43. The Morgan fingerprint density at radius 2 is 1.63 bits per heavy atom. The molecule has 0 saturated carbocycles. The maximum absolute atomic E-state index is 6.58. The van der Waals surface area contributed by atoms with Gasteiger partial charge in [-0.05, 0) is 55.2 Å². The first-order chi connectivity index (χ1) is 19.7. The van der Waals surface area contributed by atoms with Crippen molar-refractivity contribution in [2.75, 3.05) is 18.6 Å². The fraction of sp³-hybridized carbons (Fsp3) is 0.235. The van der Waals surface area contributed by atoms with Crippen LogP contribution in [0.15, 0.2) is 85.3 Å². The van der Waals surface area contributed by atoms with Gasteiger partial charge in [-0.15, -0.1) is 0 Å². The van der Waals surface area contributed by atoms with Crippen LogP contribution < -0.4 is 9.64 Å². The Bertz CT molecular complexity index is 1990. The van der Waals surface area contributed by atoms with E-state index in [0.717, 1.165) is 63.3 Å². The van der Waals surface area contributed by atoms with Gasteiger partial charge in [-0.1, -0.05) is 39.0 Å². The Labute approximate surface area is 239 Å². The van der Waals surface area contributed by atoms with E-state index in [9.17, 15) is 0 Å².